The summed E-state index contributed by atoms with van der Waals surface area (Å²) < 4.78 is 1.58. The van der Waals surface area contributed by atoms with Gasteiger partial charge in [-0.25, -0.2) is 0 Å². The SMILES string of the molecule is CCCC[Si](C)(C1=CC[C]([Ti+3])=C1Cc1ccccc1)c1cc(C)cc(C)c1.[Cl-].[Cl-].[Cl-]. The summed E-state index contributed by atoms with van der Waals surface area (Å²) in [6.07, 6.45) is 7.39. The van der Waals surface area contributed by atoms with Crippen molar-refractivity contribution >= 4 is 13.3 Å². The Kier molecular flexibility index (Phi) is 13.2. The van der Waals surface area contributed by atoms with E-state index in [-0.39, 0.29) is 37.2 Å². The maximum Gasteiger partial charge on any atom is -1.00 e. The van der Waals surface area contributed by atoms with Crippen LogP contribution in [0.1, 0.15) is 42.9 Å². The molecule has 0 radical (unpaired) electrons. The van der Waals surface area contributed by atoms with Crippen LogP contribution in [0.25, 0.3) is 0 Å². The van der Waals surface area contributed by atoms with E-state index in [4.69, 9.17) is 0 Å². The molecule has 5 heteroatoms. The normalized spacial score (nSPS) is 14.8. The van der Waals surface area contributed by atoms with Crippen LogP contribution in [0.5, 0.6) is 0 Å². The van der Waals surface area contributed by atoms with Crippen LogP contribution in [0.15, 0.2) is 69.3 Å². The molecule has 0 saturated carbocycles. The molecule has 0 heterocycles. The van der Waals surface area contributed by atoms with Crippen LogP contribution in [0.4, 0.5) is 0 Å². The van der Waals surface area contributed by atoms with Gasteiger partial charge in [0.15, 0.2) is 0 Å². The third-order valence-electron chi connectivity index (χ3n) is 5.91. The van der Waals surface area contributed by atoms with E-state index >= 15 is 0 Å². The van der Waals surface area contributed by atoms with Gasteiger partial charge in [-0.15, -0.1) is 0 Å². The molecule has 30 heavy (non-hydrogen) atoms. The van der Waals surface area contributed by atoms with E-state index in [2.05, 4.69) is 102 Å². The summed E-state index contributed by atoms with van der Waals surface area (Å²) in [6, 6.07) is 19.6. The first-order chi connectivity index (χ1) is 12.9. The molecule has 1 unspecified atom stereocenters. The quantitative estimate of drug-likeness (QED) is 0.354. The van der Waals surface area contributed by atoms with Crippen LogP contribution in [0.3, 0.4) is 0 Å². The average Bonchev–Trinajstić information content (AvgIpc) is 3.01. The van der Waals surface area contributed by atoms with Gasteiger partial charge in [-0.05, 0) is 0 Å². The van der Waals surface area contributed by atoms with Crippen molar-refractivity contribution in [3.63, 3.8) is 0 Å². The Hall–Kier alpha value is -0.279. The average molecular weight is 514 g/mol. The van der Waals surface area contributed by atoms with Gasteiger partial charge in [0.25, 0.3) is 0 Å². The molecule has 0 fully saturated rings. The van der Waals surface area contributed by atoms with Crippen LogP contribution in [-0.2, 0) is 26.9 Å². The zero-order valence-corrected chi connectivity index (χ0v) is 23.2. The number of aryl methyl sites for hydroxylation is 2. The Morgan fingerprint density at radius 2 is 1.53 bits per heavy atom. The van der Waals surface area contributed by atoms with Gasteiger partial charge >= 0.3 is 179 Å². The van der Waals surface area contributed by atoms with E-state index in [1.54, 1.807) is 19.8 Å². The third-order valence-corrected chi connectivity index (χ3v) is 11.3. The monoisotopic (exact) mass is 512 g/mol. The van der Waals surface area contributed by atoms with Gasteiger partial charge in [0.2, 0.25) is 0 Å². The molecule has 0 nitrogen and oxygen atoms in total. The number of hydrogen-bond acceptors (Lipinski definition) is 0. The first-order valence-corrected chi connectivity index (χ1v) is 13.7. The molecule has 160 valence electrons. The van der Waals surface area contributed by atoms with Crippen LogP contribution >= 0.6 is 0 Å². The number of benzene rings is 2. The van der Waals surface area contributed by atoms with Gasteiger partial charge in [0, 0.05) is 0 Å². The van der Waals surface area contributed by atoms with Crippen molar-refractivity contribution < 1.29 is 57.7 Å². The van der Waals surface area contributed by atoms with E-state index in [0.717, 1.165) is 12.8 Å². The summed E-state index contributed by atoms with van der Waals surface area (Å²) in [5.74, 6) is 0. The van der Waals surface area contributed by atoms with Crippen molar-refractivity contribution in [2.45, 2.75) is 59.0 Å². The number of allylic oxidation sites excluding steroid dienone is 4. The molecule has 0 aromatic heterocycles. The number of hydrogen-bond donors (Lipinski definition) is 0. The van der Waals surface area contributed by atoms with Gasteiger partial charge in [-0.3, -0.25) is 0 Å². The van der Waals surface area contributed by atoms with Crippen LogP contribution in [0.2, 0.25) is 12.6 Å². The maximum absolute atomic E-state index is 2.62. The van der Waals surface area contributed by atoms with E-state index in [1.807, 2.05) is 0 Å². The van der Waals surface area contributed by atoms with E-state index in [1.165, 1.54) is 35.6 Å². The Bertz CT molecular complexity index is 857. The fourth-order valence-electron chi connectivity index (χ4n) is 4.43. The smallest absolute Gasteiger partial charge is 1.00 e. The van der Waals surface area contributed by atoms with Crippen molar-refractivity contribution in [3.05, 3.63) is 85.9 Å². The minimum atomic E-state index is -1.73. The number of unbranched alkanes of at least 4 members (excludes halogenated alkanes) is 1. The molecule has 0 spiro atoms. The van der Waals surface area contributed by atoms with Crippen LogP contribution in [0, 0.1) is 13.8 Å². The summed E-state index contributed by atoms with van der Waals surface area (Å²) in [6.45, 7) is 9.44. The van der Waals surface area contributed by atoms with Crippen LogP contribution in [-0.4, -0.2) is 8.07 Å². The van der Waals surface area contributed by atoms with Crippen LogP contribution < -0.4 is 42.4 Å². The van der Waals surface area contributed by atoms with Gasteiger partial charge in [0.05, 0.1) is 0 Å². The molecule has 1 aliphatic rings. The fourth-order valence-corrected chi connectivity index (χ4v) is 9.61. The predicted octanol–water partition coefficient (Wildman–Crippen LogP) is -2.69. The third kappa shape index (κ3) is 6.86. The Labute approximate surface area is 214 Å². The first-order valence-electron chi connectivity index (χ1n) is 10.2. The Morgan fingerprint density at radius 1 is 0.933 bits per heavy atom. The topological polar surface area (TPSA) is 0 Å². The molecule has 3 rings (SSSR count). The first kappa shape index (κ1) is 29.7. The second-order valence-electron chi connectivity index (χ2n) is 8.25. The zero-order chi connectivity index (χ0) is 19.4. The minimum Gasteiger partial charge on any atom is -1.00 e. The van der Waals surface area contributed by atoms with E-state index < -0.39 is 8.07 Å². The molecule has 0 aliphatic heterocycles. The maximum atomic E-state index is 2.62. The van der Waals surface area contributed by atoms with Crippen molar-refractivity contribution in [1.29, 1.82) is 0 Å². The fraction of sp³-hybridized carbons (Fsp3) is 0.360. The summed E-state index contributed by atoms with van der Waals surface area (Å²) in [4.78, 5) is 0. The summed E-state index contributed by atoms with van der Waals surface area (Å²) in [5.41, 5.74) is 5.88. The molecule has 1 aliphatic carbocycles. The molecular formula is C25H31Cl3SiTi. The van der Waals surface area contributed by atoms with Crippen molar-refractivity contribution in [1.82, 2.24) is 0 Å². The molecule has 0 amide bonds. The molecule has 2 aromatic rings. The van der Waals surface area contributed by atoms with Gasteiger partial charge in [0.1, 0.15) is 0 Å². The minimum absolute atomic E-state index is 0. The van der Waals surface area contributed by atoms with E-state index in [9.17, 15) is 0 Å². The second kappa shape index (κ2) is 13.3. The molecule has 2 aromatic carbocycles. The summed E-state index contributed by atoms with van der Waals surface area (Å²) in [7, 11) is -1.73. The predicted molar refractivity (Wildman–Crippen MR) is 117 cm³/mol. The molecule has 0 N–H and O–H groups in total. The Balaban J connectivity index is 0.00000280. The summed E-state index contributed by atoms with van der Waals surface area (Å²) >= 11 is 2.35. The molecule has 0 bridgehead atoms. The van der Waals surface area contributed by atoms with E-state index in [0.29, 0.717) is 0 Å². The molecule has 0 saturated heterocycles. The van der Waals surface area contributed by atoms with Crippen molar-refractivity contribution in [2.75, 3.05) is 0 Å². The Morgan fingerprint density at radius 3 is 2.10 bits per heavy atom. The summed E-state index contributed by atoms with van der Waals surface area (Å²) in [5, 5.41) is 3.34. The number of halogens is 3. The van der Waals surface area contributed by atoms with Gasteiger partial charge in [-0.2, -0.15) is 0 Å². The van der Waals surface area contributed by atoms with Gasteiger partial charge in [-0.1, -0.05) is 0 Å². The zero-order valence-electron chi connectivity index (χ0n) is 18.4. The molecular weight excluding hydrogens is 483 g/mol. The van der Waals surface area contributed by atoms with Gasteiger partial charge < -0.3 is 37.2 Å². The second-order valence-corrected chi connectivity index (χ2v) is 13.5. The number of rotatable bonds is 7. The van der Waals surface area contributed by atoms with Crippen molar-refractivity contribution in [3.8, 4) is 0 Å². The standard InChI is InChI=1S/C25H31Si.3ClH.Ti/c1-5-6-15-26(4,24-17-20(2)16-21(3)18-24)25-14-10-13-23(25)19-22-11-8-7-9-12-22;;;;/h7-9,11-12,14,16-18H,5-6,10,15,19H2,1-4H3;3*1H;/q;;;;+3/p-3. The van der Waals surface area contributed by atoms with Crippen molar-refractivity contribution in [2.24, 2.45) is 0 Å². The molecule has 1 atom stereocenters. The largest absolute Gasteiger partial charge is 1.00 e.